The number of hydrogen-bond donors (Lipinski definition) is 1. The van der Waals surface area contributed by atoms with Crippen molar-refractivity contribution in [3.8, 4) is 5.75 Å². The van der Waals surface area contributed by atoms with E-state index in [0.29, 0.717) is 6.04 Å². The molecule has 0 spiro atoms. The van der Waals surface area contributed by atoms with Crippen LogP contribution in [0.25, 0.3) is 0 Å². The van der Waals surface area contributed by atoms with Gasteiger partial charge < -0.3 is 10.1 Å². The van der Waals surface area contributed by atoms with Crippen LogP contribution in [0.2, 0.25) is 0 Å². The van der Waals surface area contributed by atoms with Crippen molar-refractivity contribution < 1.29 is 9.53 Å². The molecule has 0 aliphatic heterocycles. The van der Waals surface area contributed by atoms with Crippen LogP contribution in [0.15, 0.2) is 18.2 Å². The minimum atomic E-state index is 0.00547. The molecule has 1 N–H and O–H groups in total. The molecule has 3 rings (SSSR count). The van der Waals surface area contributed by atoms with E-state index in [2.05, 4.69) is 11.4 Å². The fraction of sp³-hybridized carbons (Fsp3) is 0.533. The first-order chi connectivity index (χ1) is 8.83. The van der Waals surface area contributed by atoms with E-state index in [4.69, 9.17) is 4.74 Å². The zero-order valence-electron chi connectivity index (χ0n) is 10.6. The number of ether oxygens (including phenoxy) is 1. The highest BCUT2D eigenvalue weighted by Gasteiger charge is 2.23. The summed E-state index contributed by atoms with van der Waals surface area (Å²) in [4.78, 5) is 11.6. The van der Waals surface area contributed by atoms with Crippen molar-refractivity contribution >= 4 is 5.91 Å². The molecule has 0 aromatic heterocycles. The minimum Gasteiger partial charge on any atom is -0.483 e. The summed E-state index contributed by atoms with van der Waals surface area (Å²) in [5.41, 5.74) is 2.70. The van der Waals surface area contributed by atoms with Gasteiger partial charge in [-0.3, -0.25) is 4.79 Å². The lowest BCUT2D eigenvalue weighted by Crippen LogP contribution is -2.30. The third kappa shape index (κ3) is 2.66. The molecule has 3 nitrogen and oxygen atoms in total. The van der Waals surface area contributed by atoms with Crippen molar-refractivity contribution in [3.05, 3.63) is 29.3 Å². The predicted molar refractivity (Wildman–Crippen MR) is 69.7 cm³/mol. The standard InChI is InChI=1S/C15H19NO2/c17-15(16-12-8-9-12)10-18-14-7-3-5-11-4-1-2-6-13(11)14/h3,5,7,12H,1-2,4,6,8-10H2,(H,16,17). The zero-order chi connectivity index (χ0) is 12.4. The maximum atomic E-state index is 11.6. The van der Waals surface area contributed by atoms with E-state index in [0.717, 1.165) is 31.4 Å². The van der Waals surface area contributed by atoms with Gasteiger partial charge in [-0.05, 0) is 55.7 Å². The maximum absolute atomic E-state index is 11.6. The van der Waals surface area contributed by atoms with Gasteiger partial charge in [0.2, 0.25) is 0 Å². The van der Waals surface area contributed by atoms with Crippen LogP contribution in [-0.2, 0) is 17.6 Å². The van der Waals surface area contributed by atoms with Gasteiger partial charge in [-0.25, -0.2) is 0 Å². The van der Waals surface area contributed by atoms with Crippen molar-refractivity contribution in [3.63, 3.8) is 0 Å². The molecule has 1 aromatic carbocycles. The van der Waals surface area contributed by atoms with Crippen LogP contribution >= 0.6 is 0 Å². The second-order valence-electron chi connectivity index (χ2n) is 5.23. The quantitative estimate of drug-likeness (QED) is 0.883. The van der Waals surface area contributed by atoms with Crippen LogP contribution in [0, 0.1) is 0 Å². The topological polar surface area (TPSA) is 38.3 Å². The largest absolute Gasteiger partial charge is 0.483 e. The molecular weight excluding hydrogens is 226 g/mol. The SMILES string of the molecule is O=C(COc1cccc2c1CCCC2)NC1CC1. The number of hydrogen-bond acceptors (Lipinski definition) is 2. The summed E-state index contributed by atoms with van der Waals surface area (Å²) in [6, 6.07) is 6.59. The Morgan fingerprint density at radius 3 is 2.94 bits per heavy atom. The van der Waals surface area contributed by atoms with E-state index < -0.39 is 0 Å². The molecule has 3 heteroatoms. The van der Waals surface area contributed by atoms with Gasteiger partial charge in [0.25, 0.3) is 5.91 Å². The van der Waals surface area contributed by atoms with Crippen LogP contribution in [0.4, 0.5) is 0 Å². The van der Waals surface area contributed by atoms with Gasteiger partial charge >= 0.3 is 0 Å². The van der Waals surface area contributed by atoms with Crippen molar-refractivity contribution in [1.82, 2.24) is 5.32 Å². The van der Waals surface area contributed by atoms with Crippen LogP contribution in [0.3, 0.4) is 0 Å². The number of fused-ring (bicyclic) bond motifs is 1. The number of rotatable bonds is 4. The normalized spacial score (nSPS) is 18.0. The third-order valence-electron chi connectivity index (χ3n) is 3.65. The first-order valence-electron chi connectivity index (χ1n) is 6.86. The summed E-state index contributed by atoms with van der Waals surface area (Å²) < 4.78 is 5.68. The number of nitrogens with one attached hydrogen (secondary N) is 1. The first kappa shape index (κ1) is 11.6. The molecule has 0 bridgehead atoms. The summed E-state index contributed by atoms with van der Waals surface area (Å²) in [7, 11) is 0. The highest BCUT2D eigenvalue weighted by Crippen LogP contribution is 2.29. The Morgan fingerprint density at radius 1 is 1.28 bits per heavy atom. The molecule has 1 saturated carbocycles. The van der Waals surface area contributed by atoms with Gasteiger partial charge in [0.1, 0.15) is 5.75 Å². The molecule has 18 heavy (non-hydrogen) atoms. The fourth-order valence-corrected chi connectivity index (χ4v) is 2.52. The minimum absolute atomic E-state index is 0.00547. The fourth-order valence-electron chi connectivity index (χ4n) is 2.52. The lowest BCUT2D eigenvalue weighted by molar-refractivity contribution is -0.123. The summed E-state index contributed by atoms with van der Waals surface area (Å²) in [5.74, 6) is 0.907. The Bertz CT molecular complexity index is 452. The molecule has 2 aliphatic carbocycles. The smallest absolute Gasteiger partial charge is 0.258 e. The summed E-state index contributed by atoms with van der Waals surface area (Å²) in [6.07, 6.45) is 6.94. The Morgan fingerprint density at radius 2 is 2.11 bits per heavy atom. The van der Waals surface area contributed by atoms with Crippen LogP contribution < -0.4 is 10.1 Å². The van der Waals surface area contributed by atoms with Crippen LogP contribution in [-0.4, -0.2) is 18.6 Å². The van der Waals surface area contributed by atoms with Crippen molar-refractivity contribution in [2.75, 3.05) is 6.61 Å². The highest BCUT2D eigenvalue weighted by atomic mass is 16.5. The van der Waals surface area contributed by atoms with E-state index in [1.54, 1.807) is 0 Å². The number of carbonyl (C=O) groups excluding carboxylic acids is 1. The lowest BCUT2D eigenvalue weighted by atomic mass is 9.91. The number of carbonyl (C=O) groups is 1. The molecule has 0 atom stereocenters. The highest BCUT2D eigenvalue weighted by molar-refractivity contribution is 5.78. The van der Waals surface area contributed by atoms with Gasteiger partial charge in [0, 0.05) is 6.04 Å². The molecule has 2 aliphatic rings. The Labute approximate surface area is 108 Å². The lowest BCUT2D eigenvalue weighted by Gasteiger charge is -2.19. The van der Waals surface area contributed by atoms with E-state index in [1.165, 1.54) is 24.0 Å². The summed E-state index contributed by atoms with van der Waals surface area (Å²) >= 11 is 0. The zero-order valence-corrected chi connectivity index (χ0v) is 10.6. The van der Waals surface area contributed by atoms with E-state index in [9.17, 15) is 4.79 Å². The molecule has 0 unspecified atom stereocenters. The summed E-state index contributed by atoms with van der Waals surface area (Å²) in [5, 5.41) is 2.94. The van der Waals surface area contributed by atoms with Gasteiger partial charge in [-0.2, -0.15) is 0 Å². The van der Waals surface area contributed by atoms with E-state index in [-0.39, 0.29) is 12.5 Å². The number of benzene rings is 1. The molecule has 96 valence electrons. The van der Waals surface area contributed by atoms with Gasteiger partial charge in [-0.15, -0.1) is 0 Å². The maximum Gasteiger partial charge on any atom is 0.258 e. The van der Waals surface area contributed by atoms with Crippen LogP contribution in [0.1, 0.15) is 36.8 Å². The predicted octanol–water partition coefficient (Wildman–Crippen LogP) is 2.22. The van der Waals surface area contributed by atoms with Crippen molar-refractivity contribution in [2.45, 2.75) is 44.6 Å². The van der Waals surface area contributed by atoms with E-state index >= 15 is 0 Å². The number of amides is 1. The molecule has 1 aromatic rings. The Kier molecular flexibility index (Phi) is 3.22. The summed E-state index contributed by atoms with van der Waals surface area (Å²) in [6.45, 7) is 0.146. The van der Waals surface area contributed by atoms with Gasteiger partial charge in [0.05, 0.1) is 0 Å². The van der Waals surface area contributed by atoms with Gasteiger partial charge in [-0.1, -0.05) is 12.1 Å². The molecule has 1 amide bonds. The van der Waals surface area contributed by atoms with Gasteiger partial charge in [0.15, 0.2) is 6.61 Å². The second kappa shape index (κ2) is 5.01. The molecule has 0 radical (unpaired) electrons. The second-order valence-corrected chi connectivity index (χ2v) is 5.23. The van der Waals surface area contributed by atoms with Crippen molar-refractivity contribution in [2.24, 2.45) is 0 Å². The van der Waals surface area contributed by atoms with E-state index in [1.807, 2.05) is 12.1 Å². The molecule has 0 heterocycles. The average Bonchev–Trinajstić information content (AvgIpc) is 3.20. The van der Waals surface area contributed by atoms with Crippen LogP contribution in [0.5, 0.6) is 5.75 Å². The molecular formula is C15H19NO2. The average molecular weight is 245 g/mol. The number of aryl methyl sites for hydroxylation is 1. The molecule has 1 fully saturated rings. The first-order valence-corrected chi connectivity index (χ1v) is 6.86. The molecule has 0 saturated heterocycles. The third-order valence-corrected chi connectivity index (χ3v) is 3.65. The Hall–Kier alpha value is -1.51. The van der Waals surface area contributed by atoms with Crippen molar-refractivity contribution in [1.29, 1.82) is 0 Å². The Balaban J connectivity index is 1.63. The monoisotopic (exact) mass is 245 g/mol.